The quantitative estimate of drug-likeness (QED) is 0.511. The topological polar surface area (TPSA) is 77.5 Å². The summed E-state index contributed by atoms with van der Waals surface area (Å²) in [6, 6.07) is 3.70. The predicted octanol–water partition coefficient (Wildman–Crippen LogP) is 0.401. The average molecular weight is 226 g/mol. The van der Waals surface area contributed by atoms with E-state index in [9.17, 15) is 18.0 Å². The number of ether oxygens (including phenoxy) is 1. The molecule has 0 saturated heterocycles. The van der Waals surface area contributed by atoms with Crippen molar-refractivity contribution in [3.05, 3.63) is 29.3 Å². The summed E-state index contributed by atoms with van der Waals surface area (Å²) in [6.45, 7) is 0. The average Bonchev–Trinajstić information content (AvgIpc) is 2.41. The fourth-order valence-electron chi connectivity index (χ4n) is 1.30. The third kappa shape index (κ3) is 1.52. The summed E-state index contributed by atoms with van der Waals surface area (Å²) in [7, 11) is -3.38. The van der Waals surface area contributed by atoms with E-state index in [4.69, 9.17) is 0 Å². The summed E-state index contributed by atoms with van der Waals surface area (Å²) in [4.78, 5) is 22.2. The van der Waals surface area contributed by atoms with Gasteiger partial charge in [0.1, 0.15) is 0 Å². The monoisotopic (exact) mass is 226 g/mol. The van der Waals surface area contributed by atoms with Gasteiger partial charge in [0.2, 0.25) is 0 Å². The molecule has 0 aromatic heterocycles. The van der Waals surface area contributed by atoms with Crippen LogP contribution in [0.4, 0.5) is 0 Å². The van der Waals surface area contributed by atoms with Gasteiger partial charge in [-0.3, -0.25) is 0 Å². The molecule has 0 aliphatic carbocycles. The number of carbonyl (C=O) groups is 2. The predicted molar refractivity (Wildman–Crippen MR) is 49.3 cm³/mol. The lowest BCUT2D eigenvalue weighted by molar-refractivity contribution is 0.0444. The van der Waals surface area contributed by atoms with Gasteiger partial charge in [0.15, 0.2) is 9.84 Å². The molecule has 0 spiro atoms. The van der Waals surface area contributed by atoms with Gasteiger partial charge >= 0.3 is 11.9 Å². The molecule has 2 rings (SSSR count). The molecule has 1 aromatic rings. The van der Waals surface area contributed by atoms with Crippen LogP contribution in [0.2, 0.25) is 0 Å². The Morgan fingerprint density at radius 2 is 1.67 bits per heavy atom. The molecule has 0 saturated carbocycles. The summed E-state index contributed by atoms with van der Waals surface area (Å²) in [5.41, 5.74) is 0.107. The number of carbonyl (C=O) groups excluding carboxylic acids is 2. The first-order valence-electron chi connectivity index (χ1n) is 4.00. The lowest BCUT2D eigenvalue weighted by Gasteiger charge is -1.98. The zero-order valence-electron chi connectivity index (χ0n) is 7.68. The molecule has 0 unspecified atom stereocenters. The molecule has 15 heavy (non-hydrogen) atoms. The Bertz CT molecular complexity index is 570. The minimum Gasteiger partial charge on any atom is -0.386 e. The molecule has 0 N–H and O–H groups in total. The molecule has 1 heterocycles. The maximum Gasteiger partial charge on any atom is 0.346 e. The minimum atomic E-state index is -3.38. The van der Waals surface area contributed by atoms with Gasteiger partial charge in [-0.2, -0.15) is 0 Å². The molecule has 0 bridgehead atoms. The van der Waals surface area contributed by atoms with Crippen molar-refractivity contribution in [1.82, 2.24) is 0 Å². The summed E-state index contributed by atoms with van der Waals surface area (Å²) in [5.74, 6) is -1.55. The van der Waals surface area contributed by atoms with Gasteiger partial charge in [-0.1, -0.05) is 0 Å². The second kappa shape index (κ2) is 2.90. The number of hydrogen-bond acceptors (Lipinski definition) is 5. The SMILES string of the molecule is CS(=O)(=O)c1ccc2c(c1)C(=O)OC2=O. The minimum absolute atomic E-state index is 0.00271. The van der Waals surface area contributed by atoms with Crippen molar-refractivity contribution in [1.29, 1.82) is 0 Å². The van der Waals surface area contributed by atoms with Gasteiger partial charge in [0.25, 0.3) is 0 Å². The zero-order chi connectivity index (χ0) is 11.2. The Labute approximate surface area is 85.6 Å². The highest BCUT2D eigenvalue weighted by Crippen LogP contribution is 2.23. The van der Waals surface area contributed by atoms with Crippen molar-refractivity contribution in [2.24, 2.45) is 0 Å². The van der Waals surface area contributed by atoms with E-state index in [-0.39, 0.29) is 16.0 Å². The Morgan fingerprint density at radius 3 is 2.27 bits per heavy atom. The van der Waals surface area contributed by atoms with Crippen molar-refractivity contribution in [3.63, 3.8) is 0 Å². The van der Waals surface area contributed by atoms with Crippen LogP contribution in [0, 0.1) is 0 Å². The van der Waals surface area contributed by atoms with Gasteiger partial charge in [-0.15, -0.1) is 0 Å². The van der Waals surface area contributed by atoms with Crippen LogP contribution in [0.5, 0.6) is 0 Å². The first kappa shape index (κ1) is 9.85. The highest BCUT2D eigenvalue weighted by Gasteiger charge is 2.30. The van der Waals surface area contributed by atoms with Gasteiger partial charge < -0.3 is 4.74 Å². The number of benzene rings is 1. The van der Waals surface area contributed by atoms with E-state index < -0.39 is 21.8 Å². The number of sulfone groups is 1. The van der Waals surface area contributed by atoms with Crippen LogP contribution in [0.3, 0.4) is 0 Å². The maximum atomic E-state index is 11.2. The van der Waals surface area contributed by atoms with Gasteiger partial charge in [0.05, 0.1) is 16.0 Å². The fourth-order valence-corrected chi connectivity index (χ4v) is 1.94. The normalized spacial score (nSPS) is 15.0. The number of esters is 2. The van der Waals surface area contributed by atoms with Gasteiger partial charge in [-0.05, 0) is 18.2 Å². The Morgan fingerprint density at radius 1 is 1.07 bits per heavy atom. The van der Waals surface area contributed by atoms with Crippen LogP contribution >= 0.6 is 0 Å². The Balaban J connectivity index is 2.67. The van der Waals surface area contributed by atoms with E-state index >= 15 is 0 Å². The van der Waals surface area contributed by atoms with E-state index in [1.165, 1.54) is 12.1 Å². The second-order valence-electron chi connectivity index (χ2n) is 3.16. The van der Waals surface area contributed by atoms with E-state index in [0.29, 0.717) is 0 Å². The smallest absolute Gasteiger partial charge is 0.346 e. The van der Waals surface area contributed by atoms with Crippen LogP contribution in [0.25, 0.3) is 0 Å². The molecule has 0 fully saturated rings. The third-order valence-corrected chi connectivity index (χ3v) is 3.15. The number of fused-ring (bicyclic) bond motifs is 1. The van der Waals surface area contributed by atoms with E-state index in [1.54, 1.807) is 0 Å². The van der Waals surface area contributed by atoms with E-state index in [1.807, 2.05) is 0 Å². The van der Waals surface area contributed by atoms with Crippen LogP contribution in [-0.2, 0) is 14.6 Å². The lowest BCUT2D eigenvalue weighted by atomic mass is 10.1. The molecule has 5 nitrogen and oxygen atoms in total. The molecule has 1 aromatic carbocycles. The summed E-state index contributed by atoms with van der Waals surface area (Å²) < 4.78 is 26.7. The Kier molecular flexibility index (Phi) is 1.90. The summed E-state index contributed by atoms with van der Waals surface area (Å²) in [6.07, 6.45) is 1.02. The number of cyclic esters (lactones) is 2. The molecule has 1 aliphatic rings. The molecule has 0 amide bonds. The van der Waals surface area contributed by atoms with Crippen molar-refractivity contribution < 1.29 is 22.7 Å². The van der Waals surface area contributed by atoms with Crippen LogP contribution in [0.1, 0.15) is 20.7 Å². The summed E-state index contributed by atoms with van der Waals surface area (Å²) >= 11 is 0. The van der Waals surface area contributed by atoms with Gasteiger partial charge in [-0.25, -0.2) is 18.0 Å². The number of hydrogen-bond donors (Lipinski definition) is 0. The Hall–Kier alpha value is -1.69. The molecular formula is C9H6O5S. The molecule has 0 radical (unpaired) electrons. The van der Waals surface area contributed by atoms with Crippen LogP contribution in [0.15, 0.2) is 23.1 Å². The number of rotatable bonds is 1. The van der Waals surface area contributed by atoms with Crippen molar-refractivity contribution >= 4 is 21.8 Å². The molecule has 6 heteroatoms. The zero-order valence-corrected chi connectivity index (χ0v) is 8.50. The molecular weight excluding hydrogens is 220 g/mol. The standard InChI is InChI=1S/C9H6O5S/c1-15(12,13)5-2-3-6-7(4-5)9(11)14-8(6)10/h2-4H,1H3. The maximum absolute atomic E-state index is 11.2. The summed E-state index contributed by atoms with van der Waals surface area (Å²) in [5, 5.41) is 0. The lowest BCUT2D eigenvalue weighted by Crippen LogP contribution is -2.00. The van der Waals surface area contributed by atoms with Crippen LogP contribution < -0.4 is 0 Å². The molecule has 1 aliphatic heterocycles. The van der Waals surface area contributed by atoms with Crippen LogP contribution in [-0.4, -0.2) is 26.6 Å². The fraction of sp³-hybridized carbons (Fsp3) is 0.111. The van der Waals surface area contributed by atoms with Gasteiger partial charge in [0, 0.05) is 6.26 Å². The second-order valence-corrected chi connectivity index (χ2v) is 5.17. The highest BCUT2D eigenvalue weighted by atomic mass is 32.2. The van der Waals surface area contributed by atoms with Crippen molar-refractivity contribution in [3.8, 4) is 0 Å². The van der Waals surface area contributed by atoms with Crippen molar-refractivity contribution in [2.75, 3.05) is 6.26 Å². The first-order valence-corrected chi connectivity index (χ1v) is 5.89. The van der Waals surface area contributed by atoms with Crippen molar-refractivity contribution in [2.45, 2.75) is 4.90 Å². The molecule has 0 atom stereocenters. The third-order valence-electron chi connectivity index (χ3n) is 2.04. The molecule has 78 valence electrons. The first-order chi connectivity index (χ1) is 6.89. The highest BCUT2D eigenvalue weighted by molar-refractivity contribution is 7.90. The van der Waals surface area contributed by atoms with E-state index in [0.717, 1.165) is 12.3 Å². The van der Waals surface area contributed by atoms with E-state index in [2.05, 4.69) is 4.74 Å². The largest absolute Gasteiger partial charge is 0.386 e.